The second-order valence-electron chi connectivity index (χ2n) is 7.53. The molecule has 2 heterocycles. The monoisotopic (exact) mass is 455 g/mol. The SMILES string of the molecule is C=CCNC(=O)CSc1nnc(-c2cc(-c3ccc(C)cc3)nc3ccccc23)n1CC=C. The molecule has 0 atom stereocenters. The number of benzene rings is 2. The van der Waals surface area contributed by atoms with E-state index in [1.54, 1.807) is 12.2 Å². The fraction of sp³-hybridized carbons (Fsp3) is 0.154. The van der Waals surface area contributed by atoms with E-state index in [0.717, 1.165) is 33.5 Å². The molecule has 4 rings (SSSR count). The summed E-state index contributed by atoms with van der Waals surface area (Å²) in [5.41, 5.74) is 4.93. The molecule has 0 saturated heterocycles. The lowest BCUT2D eigenvalue weighted by Gasteiger charge is -2.12. The molecule has 0 saturated carbocycles. The molecule has 0 aliphatic rings. The van der Waals surface area contributed by atoms with E-state index < -0.39 is 0 Å². The van der Waals surface area contributed by atoms with Gasteiger partial charge in [0.1, 0.15) is 0 Å². The number of amides is 1. The standard InChI is InChI=1S/C26H25N5OS/c1-4-14-27-24(32)17-33-26-30-29-25(31(26)15-5-2)21-16-23(19-12-10-18(3)11-13-19)28-22-9-7-6-8-20(21)22/h4-13,16H,1-2,14-15,17H2,3H3,(H,27,32). The smallest absolute Gasteiger partial charge is 0.230 e. The summed E-state index contributed by atoms with van der Waals surface area (Å²) < 4.78 is 1.99. The molecule has 7 heteroatoms. The van der Waals surface area contributed by atoms with Crippen LogP contribution in [0.1, 0.15) is 5.56 Å². The van der Waals surface area contributed by atoms with Gasteiger partial charge in [-0.25, -0.2) is 4.98 Å². The molecule has 4 aromatic rings. The van der Waals surface area contributed by atoms with Crippen LogP contribution in [0.4, 0.5) is 0 Å². The van der Waals surface area contributed by atoms with Crippen LogP contribution < -0.4 is 5.32 Å². The highest BCUT2D eigenvalue weighted by atomic mass is 32.2. The Hall–Kier alpha value is -3.71. The molecule has 0 spiro atoms. The van der Waals surface area contributed by atoms with Crippen molar-refractivity contribution >= 4 is 28.6 Å². The number of carbonyl (C=O) groups excluding carboxylic acids is 1. The van der Waals surface area contributed by atoms with Crippen LogP contribution in [0.3, 0.4) is 0 Å². The number of allylic oxidation sites excluding steroid dienone is 1. The third-order valence-electron chi connectivity index (χ3n) is 5.11. The minimum Gasteiger partial charge on any atom is -0.352 e. The average Bonchev–Trinajstić information content (AvgIpc) is 3.23. The number of fused-ring (bicyclic) bond motifs is 1. The lowest BCUT2D eigenvalue weighted by molar-refractivity contribution is -0.118. The summed E-state index contributed by atoms with van der Waals surface area (Å²) in [5, 5.41) is 13.3. The number of aryl methyl sites for hydroxylation is 1. The number of nitrogens with zero attached hydrogens (tertiary/aromatic N) is 4. The summed E-state index contributed by atoms with van der Waals surface area (Å²) in [4.78, 5) is 16.9. The largest absolute Gasteiger partial charge is 0.352 e. The molecule has 1 amide bonds. The Balaban J connectivity index is 1.78. The van der Waals surface area contributed by atoms with Crippen molar-refractivity contribution < 1.29 is 4.79 Å². The van der Waals surface area contributed by atoms with Crippen molar-refractivity contribution in [3.63, 3.8) is 0 Å². The van der Waals surface area contributed by atoms with E-state index >= 15 is 0 Å². The van der Waals surface area contributed by atoms with Crippen LogP contribution in [0.25, 0.3) is 33.5 Å². The Kier molecular flexibility index (Phi) is 7.00. The van der Waals surface area contributed by atoms with Crippen LogP contribution >= 0.6 is 11.8 Å². The zero-order valence-corrected chi connectivity index (χ0v) is 19.3. The van der Waals surface area contributed by atoms with Gasteiger partial charge in [-0.1, -0.05) is 71.9 Å². The zero-order chi connectivity index (χ0) is 23.2. The molecule has 0 fully saturated rings. The predicted octanol–water partition coefficient (Wildman–Crippen LogP) is 5.05. The third kappa shape index (κ3) is 5.04. The fourth-order valence-corrected chi connectivity index (χ4v) is 4.27. The van der Waals surface area contributed by atoms with Crippen molar-refractivity contribution in [3.8, 4) is 22.6 Å². The summed E-state index contributed by atoms with van der Waals surface area (Å²) >= 11 is 1.35. The lowest BCUT2D eigenvalue weighted by Crippen LogP contribution is -2.25. The number of carbonyl (C=O) groups is 1. The molecule has 2 aromatic carbocycles. The number of aromatic nitrogens is 4. The Bertz CT molecular complexity index is 1310. The number of rotatable bonds is 9. The van der Waals surface area contributed by atoms with E-state index in [2.05, 4.69) is 65.9 Å². The molecule has 0 aliphatic heterocycles. The Labute approximate surface area is 197 Å². The Morgan fingerprint density at radius 1 is 1.09 bits per heavy atom. The molecular weight excluding hydrogens is 430 g/mol. The highest BCUT2D eigenvalue weighted by Crippen LogP contribution is 2.33. The van der Waals surface area contributed by atoms with Crippen LogP contribution in [0.5, 0.6) is 0 Å². The van der Waals surface area contributed by atoms with Gasteiger partial charge in [-0.15, -0.1) is 23.4 Å². The summed E-state index contributed by atoms with van der Waals surface area (Å²) in [6.45, 7) is 10.5. The Morgan fingerprint density at radius 3 is 2.64 bits per heavy atom. The van der Waals surface area contributed by atoms with E-state index in [0.29, 0.717) is 18.2 Å². The first-order valence-electron chi connectivity index (χ1n) is 10.6. The summed E-state index contributed by atoms with van der Waals surface area (Å²) in [6, 6.07) is 18.4. The molecule has 0 unspecified atom stereocenters. The summed E-state index contributed by atoms with van der Waals surface area (Å²) in [5.74, 6) is 0.885. The number of pyridine rings is 1. The molecule has 0 radical (unpaired) electrons. The maximum atomic E-state index is 12.1. The highest BCUT2D eigenvalue weighted by Gasteiger charge is 2.18. The van der Waals surface area contributed by atoms with Gasteiger partial charge in [-0.3, -0.25) is 9.36 Å². The summed E-state index contributed by atoms with van der Waals surface area (Å²) in [7, 11) is 0. The fourth-order valence-electron chi connectivity index (χ4n) is 3.49. The quantitative estimate of drug-likeness (QED) is 0.282. The van der Waals surface area contributed by atoms with Crippen molar-refractivity contribution in [1.82, 2.24) is 25.1 Å². The number of thioether (sulfide) groups is 1. The van der Waals surface area contributed by atoms with Crippen LogP contribution in [-0.2, 0) is 11.3 Å². The van der Waals surface area contributed by atoms with E-state index in [9.17, 15) is 4.79 Å². The molecule has 0 aliphatic carbocycles. The van der Waals surface area contributed by atoms with Gasteiger partial charge in [0.15, 0.2) is 11.0 Å². The van der Waals surface area contributed by atoms with Gasteiger partial charge in [0, 0.05) is 29.6 Å². The number of hydrogen-bond acceptors (Lipinski definition) is 5. The van der Waals surface area contributed by atoms with Gasteiger partial charge in [-0.05, 0) is 19.1 Å². The molecular formula is C26H25N5OS. The third-order valence-corrected chi connectivity index (χ3v) is 6.08. The maximum Gasteiger partial charge on any atom is 0.230 e. The second kappa shape index (κ2) is 10.3. The van der Waals surface area contributed by atoms with Gasteiger partial charge < -0.3 is 5.32 Å². The van der Waals surface area contributed by atoms with Crippen LogP contribution in [-0.4, -0.2) is 38.0 Å². The molecule has 0 bridgehead atoms. The van der Waals surface area contributed by atoms with Crippen molar-refractivity contribution in [3.05, 3.63) is 85.5 Å². The van der Waals surface area contributed by atoms with Crippen molar-refractivity contribution in [2.24, 2.45) is 0 Å². The molecule has 2 aromatic heterocycles. The van der Waals surface area contributed by atoms with E-state index in [1.165, 1.54) is 17.3 Å². The lowest BCUT2D eigenvalue weighted by atomic mass is 10.0. The molecule has 1 N–H and O–H groups in total. The van der Waals surface area contributed by atoms with Gasteiger partial charge in [0.05, 0.1) is 17.0 Å². The second-order valence-corrected chi connectivity index (χ2v) is 8.47. The predicted molar refractivity (Wildman–Crippen MR) is 135 cm³/mol. The van der Waals surface area contributed by atoms with Crippen molar-refractivity contribution in [2.75, 3.05) is 12.3 Å². The minimum absolute atomic E-state index is 0.0781. The van der Waals surface area contributed by atoms with Crippen LogP contribution in [0, 0.1) is 6.92 Å². The maximum absolute atomic E-state index is 12.1. The Morgan fingerprint density at radius 2 is 1.88 bits per heavy atom. The first-order valence-corrected chi connectivity index (χ1v) is 11.6. The molecule has 166 valence electrons. The normalized spacial score (nSPS) is 10.8. The van der Waals surface area contributed by atoms with Crippen LogP contribution in [0.2, 0.25) is 0 Å². The molecule has 6 nitrogen and oxygen atoms in total. The van der Waals surface area contributed by atoms with E-state index in [-0.39, 0.29) is 11.7 Å². The van der Waals surface area contributed by atoms with Gasteiger partial charge >= 0.3 is 0 Å². The zero-order valence-electron chi connectivity index (χ0n) is 18.5. The highest BCUT2D eigenvalue weighted by molar-refractivity contribution is 7.99. The van der Waals surface area contributed by atoms with Crippen molar-refractivity contribution in [2.45, 2.75) is 18.6 Å². The number of para-hydroxylation sites is 1. The molecule has 33 heavy (non-hydrogen) atoms. The van der Waals surface area contributed by atoms with Crippen LogP contribution in [0.15, 0.2) is 85.1 Å². The average molecular weight is 456 g/mol. The number of hydrogen-bond donors (Lipinski definition) is 1. The van der Waals surface area contributed by atoms with Gasteiger partial charge in [-0.2, -0.15) is 0 Å². The first-order chi connectivity index (χ1) is 16.1. The van der Waals surface area contributed by atoms with Gasteiger partial charge in [0.25, 0.3) is 0 Å². The first kappa shape index (κ1) is 22.5. The van der Waals surface area contributed by atoms with Gasteiger partial charge in [0.2, 0.25) is 5.91 Å². The van der Waals surface area contributed by atoms with E-state index in [4.69, 9.17) is 4.98 Å². The van der Waals surface area contributed by atoms with Crippen molar-refractivity contribution in [1.29, 1.82) is 0 Å². The summed E-state index contributed by atoms with van der Waals surface area (Å²) in [6.07, 6.45) is 3.46. The number of nitrogens with one attached hydrogen (secondary N) is 1. The van der Waals surface area contributed by atoms with E-state index in [1.807, 2.05) is 28.8 Å². The topological polar surface area (TPSA) is 72.7 Å². The minimum atomic E-state index is -0.0781.